The Morgan fingerprint density at radius 3 is 2.77 bits per heavy atom. The highest BCUT2D eigenvalue weighted by Crippen LogP contribution is 2.22. The van der Waals surface area contributed by atoms with Crippen molar-refractivity contribution in [2.75, 3.05) is 18.4 Å². The van der Waals surface area contributed by atoms with E-state index in [0.29, 0.717) is 5.69 Å². The molecule has 0 aliphatic carbocycles. The van der Waals surface area contributed by atoms with Crippen molar-refractivity contribution in [2.24, 2.45) is 0 Å². The number of hydrogen-bond donors (Lipinski definition) is 1. The molecule has 0 spiro atoms. The van der Waals surface area contributed by atoms with Crippen molar-refractivity contribution >= 4 is 45.6 Å². The Morgan fingerprint density at radius 2 is 2.14 bits per heavy atom. The molecule has 1 aliphatic heterocycles. The van der Waals surface area contributed by atoms with Gasteiger partial charge in [0.2, 0.25) is 5.91 Å². The third-order valence-electron chi connectivity index (χ3n) is 3.34. The number of likely N-dealkylation sites (tertiary alicyclic amines) is 1. The van der Waals surface area contributed by atoms with Crippen LogP contribution in [0.5, 0.6) is 0 Å². The Kier molecular flexibility index (Phi) is 5.73. The first kappa shape index (κ1) is 16.7. The highest BCUT2D eigenvalue weighted by atomic mass is 32.2. The molecule has 8 heteroatoms. The number of carbonyl (C=O) groups excluding carboxylic acids is 1. The van der Waals surface area contributed by atoms with Gasteiger partial charge in [0, 0.05) is 30.9 Å². The van der Waals surface area contributed by atoms with Crippen molar-refractivity contribution in [3.63, 3.8) is 0 Å². The highest BCUT2D eigenvalue weighted by molar-refractivity contribution is 8.23. The summed E-state index contributed by atoms with van der Waals surface area (Å²) < 4.78 is 0.735. The zero-order valence-corrected chi connectivity index (χ0v) is 13.8. The lowest BCUT2D eigenvalue weighted by Gasteiger charge is -2.20. The Morgan fingerprint density at radius 1 is 1.45 bits per heavy atom. The molecule has 0 bridgehead atoms. The number of non-ortho nitro benzene ring substituents is 1. The van der Waals surface area contributed by atoms with Crippen LogP contribution in [-0.2, 0) is 4.79 Å². The van der Waals surface area contributed by atoms with Crippen molar-refractivity contribution in [3.8, 4) is 0 Å². The normalized spacial score (nSPS) is 15.4. The van der Waals surface area contributed by atoms with Gasteiger partial charge in [-0.2, -0.15) is 0 Å². The molecule has 6 nitrogen and oxygen atoms in total. The average Bonchev–Trinajstić information content (AvgIpc) is 3.01. The largest absolute Gasteiger partial charge is 0.358 e. The Balaban J connectivity index is 1.92. The molecule has 118 valence electrons. The number of benzene rings is 1. The van der Waals surface area contributed by atoms with Crippen molar-refractivity contribution < 1.29 is 9.72 Å². The van der Waals surface area contributed by atoms with Crippen molar-refractivity contribution in [2.45, 2.75) is 25.0 Å². The fourth-order valence-electron chi connectivity index (χ4n) is 2.12. The summed E-state index contributed by atoms with van der Waals surface area (Å²) in [6.45, 7) is 3.68. The Labute approximate surface area is 138 Å². The molecule has 2 rings (SSSR count). The lowest BCUT2D eigenvalue weighted by molar-refractivity contribution is -0.384. The summed E-state index contributed by atoms with van der Waals surface area (Å²) in [6.07, 6.45) is 2.27. The van der Waals surface area contributed by atoms with Crippen LogP contribution in [0.25, 0.3) is 0 Å². The number of thioether (sulfide) groups is 1. The summed E-state index contributed by atoms with van der Waals surface area (Å²) in [7, 11) is 0. The quantitative estimate of drug-likeness (QED) is 0.516. The molecule has 1 fully saturated rings. The minimum Gasteiger partial charge on any atom is -0.358 e. The molecular weight excluding hydrogens is 322 g/mol. The molecule has 1 aromatic carbocycles. The molecule has 0 saturated carbocycles. The van der Waals surface area contributed by atoms with Gasteiger partial charge in [-0.05, 0) is 25.8 Å². The van der Waals surface area contributed by atoms with Gasteiger partial charge < -0.3 is 10.2 Å². The number of thiocarbonyl (C=S) groups is 1. The number of amides is 1. The standard InChI is InChI=1S/C14H17N3O3S2/c1-10(22-14(21)16-7-2-3-8-16)13(18)15-11-5-4-6-12(9-11)17(19)20/h4-6,9-10H,2-3,7-8H2,1H3,(H,15,18). The maximum Gasteiger partial charge on any atom is 0.271 e. The van der Waals surface area contributed by atoms with Gasteiger partial charge in [-0.1, -0.05) is 30.0 Å². The first-order valence-electron chi connectivity index (χ1n) is 6.98. The molecule has 1 unspecified atom stereocenters. The van der Waals surface area contributed by atoms with E-state index in [1.807, 2.05) is 0 Å². The fraction of sp³-hybridized carbons (Fsp3) is 0.429. The van der Waals surface area contributed by atoms with E-state index >= 15 is 0 Å². The van der Waals surface area contributed by atoms with Crippen LogP contribution < -0.4 is 5.32 Å². The summed E-state index contributed by atoms with van der Waals surface area (Å²) in [6, 6.07) is 5.89. The Hall–Kier alpha value is -1.67. The lowest BCUT2D eigenvalue weighted by Crippen LogP contribution is -2.29. The van der Waals surface area contributed by atoms with Crippen LogP contribution in [0.15, 0.2) is 24.3 Å². The predicted molar refractivity (Wildman–Crippen MR) is 92.2 cm³/mol. The topological polar surface area (TPSA) is 75.5 Å². The van der Waals surface area contributed by atoms with Gasteiger partial charge in [0.25, 0.3) is 5.69 Å². The van der Waals surface area contributed by atoms with Crippen LogP contribution in [0.4, 0.5) is 11.4 Å². The number of anilines is 1. The number of hydrogen-bond acceptors (Lipinski definition) is 5. The van der Waals surface area contributed by atoms with Crippen molar-refractivity contribution in [1.29, 1.82) is 0 Å². The summed E-state index contributed by atoms with van der Waals surface area (Å²) in [5, 5.41) is 13.1. The molecule has 0 aromatic heterocycles. The van der Waals surface area contributed by atoms with Gasteiger partial charge in [-0.15, -0.1) is 0 Å². The van der Waals surface area contributed by atoms with E-state index in [4.69, 9.17) is 12.2 Å². The van der Waals surface area contributed by atoms with Gasteiger partial charge in [0.15, 0.2) is 0 Å². The monoisotopic (exact) mass is 339 g/mol. The van der Waals surface area contributed by atoms with Crippen LogP contribution in [0, 0.1) is 10.1 Å². The summed E-state index contributed by atoms with van der Waals surface area (Å²) in [4.78, 5) is 24.5. The van der Waals surface area contributed by atoms with E-state index in [1.165, 1.54) is 23.9 Å². The predicted octanol–water partition coefficient (Wildman–Crippen LogP) is 3.04. The Bertz CT molecular complexity index is 588. The number of nitrogens with one attached hydrogen (secondary N) is 1. The molecule has 1 aromatic rings. The number of carbonyl (C=O) groups is 1. The maximum atomic E-state index is 12.2. The molecular formula is C14H17N3O3S2. The van der Waals surface area contributed by atoms with Crippen LogP contribution in [0.2, 0.25) is 0 Å². The van der Waals surface area contributed by atoms with Crippen LogP contribution in [0.1, 0.15) is 19.8 Å². The minimum atomic E-state index is -0.490. The highest BCUT2D eigenvalue weighted by Gasteiger charge is 2.21. The summed E-state index contributed by atoms with van der Waals surface area (Å²) in [5.41, 5.74) is 0.365. The van der Waals surface area contributed by atoms with Crippen LogP contribution in [0.3, 0.4) is 0 Å². The number of rotatable bonds is 4. The van der Waals surface area contributed by atoms with Gasteiger partial charge in [-0.25, -0.2) is 0 Å². The SMILES string of the molecule is CC(SC(=S)N1CCCC1)C(=O)Nc1cccc([N+](=O)[O-])c1. The molecule has 0 radical (unpaired) electrons. The number of nitrogens with zero attached hydrogens (tertiary/aromatic N) is 2. The lowest BCUT2D eigenvalue weighted by atomic mass is 10.2. The smallest absolute Gasteiger partial charge is 0.271 e. The summed E-state index contributed by atoms with van der Waals surface area (Å²) in [5.74, 6) is -0.216. The van der Waals surface area contributed by atoms with Crippen LogP contribution >= 0.6 is 24.0 Å². The van der Waals surface area contributed by atoms with E-state index in [0.717, 1.165) is 30.3 Å². The van der Waals surface area contributed by atoms with Gasteiger partial charge in [-0.3, -0.25) is 14.9 Å². The van der Waals surface area contributed by atoms with Gasteiger partial charge in [0.05, 0.1) is 10.2 Å². The maximum absolute atomic E-state index is 12.2. The first-order chi connectivity index (χ1) is 10.5. The first-order valence-corrected chi connectivity index (χ1v) is 8.27. The molecule has 22 heavy (non-hydrogen) atoms. The second-order valence-corrected chi connectivity index (χ2v) is 6.99. The van der Waals surface area contributed by atoms with E-state index in [9.17, 15) is 14.9 Å². The number of nitro benzene ring substituents is 1. The zero-order valence-electron chi connectivity index (χ0n) is 12.2. The van der Waals surface area contributed by atoms with Crippen LogP contribution in [-0.4, -0.2) is 38.4 Å². The molecule has 1 amide bonds. The van der Waals surface area contributed by atoms with E-state index < -0.39 is 4.92 Å². The van der Waals surface area contributed by atoms with E-state index in [-0.39, 0.29) is 16.8 Å². The zero-order chi connectivity index (χ0) is 16.1. The molecule has 1 aliphatic rings. The third-order valence-corrected chi connectivity index (χ3v) is 4.91. The van der Waals surface area contributed by atoms with E-state index in [1.54, 1.807) is 19.1 Å². The average molecular weight is 339 g/mol. The summed E-state index contributed by atoms with van der Waals surface area (Å²) >= 11 is 6.69. The van der Waals surface area contributed by atoms with Gasteiger partial charge >= 0.3 is 0 Å². The second-order valence-electron chi connectivity index (χ2n) is 5.02. The third kappa shape index (κ3) is 4.41. The molecule has 1 N–H and O–H groups in total. The molecule has 1 heterocycles. The second kappa shape index (κ2) is 7.55. The van der Waals surface area contributed by atoms with Crippen molar-refractivity contribution in [3.05, 3.63) is 34.4 Å². The van der Waals surface area contributed by atoms with E-state index in [2.05, 4.69) is 10.2 Å². The van der Waals surface area contributed by atoms with Crippen molar-refractivity contribution in [1.82, 2.24) is 4.90 Å². The fourth-order valence-corrected chi connectivity index (χ4v) is 3.54. The van der Waals surface area contributed by atoms with Gasteiger partial charge in [0.1, 0.15) is 4.32 Å². The number of nitro groups is 1. The molecule has 1 atom stereocenters. The molecule has 1 saturated heterocycles. The minimum absolute atomic E-state index is 0.0503.